The van der Waals surface area contributed by atoms with Gasteiger partial charge in [-0.05, 0) is 20.8 Å². The molecule has 0 fully saturated rings. The molecule has 2 N–H and O–H groups in total. The Labute approximate surface area is 127 Å². The van der Waals surface area contributed by atoms with Gasteiger partial charge in [-0.15, -0.1) is 0 Å². The number of aliphatic hydroxyl groups excluding tert-OH is 1. The van der Waals surface area contributed by atoms with Gasteiger partial charge in [-0.25, -0.2) is 8.42 Å². The highest BCUT2D eigenvalue weighted by Gasteiger charge is 2.32. The van der Waals surface area contributed by atoms with Crippen LogP contribution in [-0.4, -0.2) is 48.5 Å². The molecule has 1 aromatic heterocycles. The summed E-state index contributed by atoms with van der Waals surface area (Å²) in [6.45, 7) is 5.21. The molecule has 1 heterocycles. The van der Waals surface area contributed by atoms with Crippen LogP contribution in [0.5, 0.6) is 0 Å². The van der Waals surface area contributed by atoms with Gasteiger partial charge in [0.15, 0.2) is 5.00 Å². The quantitative estimate of drug-likeness (QED) is 0.549. The van der Waals surface area contributed by atoms with E-state index in [4.69, 9.17) is 5.11 Å². The molecule has 0 unspecified atom stereocenters. The number of nitro groups is 1. The molecular weight excluding hydrogens is 318 g/mol. The third-order valence-electron chi connectivity index (χ3n) is 2.68. The summed E-state index contributed by atoms with van der Waals surface area (Å²) < 4.78 is 26.1. The fourth-order valence-electron chi connectivity index (χ4n) is 1.78. The first-order valence-electron chi connectivity index (χ1n) is 6.40. The molecule has 0 spiro atoms. The number of anilines is 1. The Bertz CT molecular complexity index is 597. The number of rotatable bonds is 8. The number of hydrogen-bond donors (Lipinski definition) is 2. The van der Waals surface area contributed by atoms with Crippen molar-refractivity contribution < 1.29 is 18.4 Å². The number of aliphatic hydroxyl groups is 1. The molecule has 0 saturated heterocycles. The lowest BCUT2D eigenvalue weighted by Crippen LogP contribution is -2.38. The van der Waals surface area contributed by atoms with Crippen LogP contribution >= 0.6 is 11.3 Å². The molecule has 8 nitrogen and oxygen atoms in total. The van der Waals surface area contributed by atoms with E-state index < -0.39 is 14.9 Å². The molecule has 0 radical (unpaired) electrons. The first-order valence-corrected chi connectivity index (χ1v) is 8.66. The average Bonchev–Trinajstić information content (AvgIpc) is 2.80. The van der Waals surface area contributed by atoms with Crippen LogP contribution in [0.3, 0.4) is 0 Å². The summed E-state index contributed by atoms with van der Waals surface area (Å²) in [6, 6.07) is 0.705. The van der Waals surface area contributed by atoms with Crippen LogP contribution in [0.2, 0.25) is 0 Å². The van der Waals surface area contributed by atoms with Gasteiger partial charge in [0.25, 0.3) is 10.0 Å². The maximum Gasteiger partial charge on any atom is 0.304 e. The standard InChI is InChI=1S/C11H19N3O5S2/c1-4-12-11-9(14(16)17)7-10(20-11)21(18,19)13(5-6-15)8(2)3/h7-8,12,15H,4-6H2,1-3H3. The van der Waals surface area contributed by atoms with E-state index in [1.54, 1.807) is 20.8 Å². The third-order valence-corrected chi connectivity index (χ3v) is 6.29. The first kappa shape index (κ1) is 17.8. The molecule has 0 aliphatic heterocycles. The largest absolute Gasteiger partial charge is 0.395 e. The zero-order chi connectivity index (χ0) is 16.2. The van der Waals surface area contributed by atoms with Gasteiger partial charge in [-0.3, -0.25) is 10.1 Å². The van der Waals surface area contributed by atoms with Gasteiger partial charge in [-0.2, -0.15) is 4.31 Å². The molecule has 0 aliphatic carbocycles. The normalized spacial score (nSPS) is 12.1. The number of sulfonamides is 1. The second-order valence-electron chi connectivity index (χ2n) is 4.50. The van der Waals surface area contributed by atoms with E-state index in [-0.39, 0.29) is 34.1 Å². The Morgan fingerprint density at radius 2 is 2.14 bits per heavy atom. The predicted molar refractivity (Wildman–Crippen MR) is 81.3 cm³/mol. The molecule has 21 heavy (non-hydrogen) atoms. The SMILES string of the molecule is CCNc1sc(S(=O)(=O)N(CCO)C(C)C)cc1[N+](=O)[O-]. The van der Waals surface area contributed by atoms with E-state index in [1.165, 1.54) is 0 Å². The Hall–Kier alpha value is -1.23. The molecule has 0 amide bonds. The van der Waals surface area contributed by atoms with Crippen LogP contribution in [0, 0.1) is 10.1 Å². The smallest absolute Gasteiger partial charge is 0.304 e. The molecule has 0 bridgehead atoms. The summed E-state index contributed by atoms with van der Waals surface area (Å²) in [7, 11) is -3.87. The molecule has 10 heteroatoms. The highest BCUT2D eigenvalue weighted by Crippen LogP contribution is 2.38. The maximum atomic E-state index is 12.5. The summed E-state index contributed by atoms with van der Waals surface area (Å²) in [6.07, 6.45) is 0. The van der Waals surface area contributed by atoms with Crippen LogP contribution in [0.25, 0.3) is 0 Å². The van der Waals surface area contributed by atoms with Gasteiger partial charge in [0.2, 0.25) is 0 Å². The zero-order valence-corrected chi connectivity index (χ0v) is 13.7. The van der Waals surface area contributed by atoms with Crippen molar-refractivity contribution in [3.63, 3.8) is 0 Å². The van der Waals surface area contributed by atoms with Crippen LogP contribution in [0.15, 0.2) is 10.3 Å². The van der Waals surface area contributed by atoms with Crippen molar-refractivity contribution in [1.29, 1.82) is 0 Å². The van der Waals surface area contributed by atoms with Gasteiger partial charge in [0.1, 0.15) is 4.21 Å². The third kappa shape index (κ3) is 3.90. The Kier molecular flexibility index (Phi) is 6.08. The predicted octanol–water partition coefficient (Wildman–Crippen LogP) is 1.48. The molecule has 1 aromatic rings. The molecule has 120 valence electrons. The number of nitrogens with zero attached hydrogens (tertiary/aromatic N) is 2. The Morgan fingerprint density at radius 1 is 1.52 bits per heavy atom. The monoisotopic (exact) mass is 337 g/mol. The molecular formula is C11H19N3O5S2. The average molecular weight is 337 g/mol. The van der Waals surface area contributed by atoms with Crippen LogP contribution < -0.4 is 5.32 Å². The second-order valence-corrected chi connectivity index (χ2v) is 7.67. The van der Waals surface area contributed by atoms with Gasteiger partial charge >= 0.3 is 5.69 Å². The highest BCUT2D eigenvalue weighted by molar-refractivity contribution is 7.91. The lowest BCUT2D eigenvalue weighted by atomic mass is 10.4. The molecule has 0 saturated carbocycles. The van der Waals surface area contributed by atoms with E-state index in [2.05, 4.69) is 5.32 Å². The number of hydrogen-bond acceptors (Lipinski definition) is 7. The lowest BCUT2D eigenvalue weighted by molar-refractivity contribution is -0.383. The Morgan fingerprint density at radius 3 is 2.57 bits per heavy atom. The summed E-state index contributed by atoms with van der Waals surface area (Å²) in [5.41, 5.74) is -0.256. The summed E-state index contributed by atoms with van der Waals surface area (Å²) in [4.78, 5) is 10.4. The van der Waals surface area contributed by atoms with Crippen LogP contribution in [0.1, 0.15) is 20.8 Å². The molecule has 0 atom stereocenters. The van der Waals surface area contributed by atoms with Crippen LogP contribution in [0.4, 0.5) is 10.7 Å². The minimum Gasteiger partial charge on any atom is -0.395 e. The number of nitrogens with one attached hydrogen (secondary N) is 1. The van der Waals surface area contributed by atoms with Crippen LogP contribution in [-0.2, 0) is 10.0 Å². The van der Waals surface area contributed by atoms with E-state index in [1.807, 2.05) is 0 Å². The summed E-state index contributed by atoms with van der Waals surface area (Å²) >= 11 is 0.827. The maximum absolute atomic E-state index is 12.5. The van der Waals surface area contributed by atoms with E-state index >= 15 is 0 Å². The second kappa shape index (κ2) is 7.16. The van der Waals surface area contributed by atoms with Gasteiger partial charge < -0.3 is 10.4 Å². The van der Waals surface area contributed by atoms with Crippen molar-refractivity contribution in [2.75, 3.05) is 25.0 Å². The zero-order valence-electron chi connectivity index (χ0n) is 12.1. The fourth-order valence-corrected chi connectivity index (χ4v) is 4.93. The van der Waals surface area contributed by atoms with Crippen molar-refractivity contribution >= 4 is 32.0 Å². The minimum absolute atomic E-state index is 0.0533. The van der Waals surface area contributed by atoms with Gasteiger partial charge in [-0.1, -0.05) is 11.3 Å². The lowest BCUT2D eigenvalue weighted by Gasteiger charge is -2.23. The fraction of sp³-hybridized carbons (Fsp3) is 0.636. The topological polar surface area (TPSA) is 113 Å². The molecule has 0 aliphatic rings. The van der Waals surface area contributed by atoms with Crippen molar-refractivity contribution in [2.45, 2.75) is 31.0 Å². The minimum atomic E-state index is -3.87. The summed E-state index contributed by atoms with van der Waals surface area (Å²) in [5, 5.41) is 23.0. The summed E-state index contributed by atoms with van der Waals surface area (Å²) in [5.74, 6) is 0. The first-order chi connectivity index (χ1) is 9.75. The van der Waals surface area contributed by atoms with Crippen molar-refractivity contribution in [3.05, 3.63) is 16.2 Å². The van der Waals surface area contributed by atoms with E-state index in [0.717, 1.165) is 21.7 Å². The van der Waals surface area contributed by atoms with E-state index in [9.17, 15) is 18.5 Å². The highest BCUT2D eigenvalue weighted by atomic mass is 32.2. The van der Waals surface area contributed by atoms with Gasteiger partial charge in [0.05, 0.1) is 11.5 Å². The Balaban J connectivity index is 3.30. The van der Waals surface area contributed by atoms with Crippen molar-refractivity contribution in [2.24, 2.45) is 0 Å². The number of thiophene rings is 1. The van der Waals surface area contributed by atoms with Crippen molar-refractivity contribution in [1.82, 2.24) is 4.31 Å². The molecule has 1 rings (SSSR count). The molecule has 0 aromatic carbocycles. The van der Waals surface area contributed by atoms with Crippen molar-refractivity contribution in [3.8, 4) is 0 Å². The van der Waals surface area contributed by atoms with E-state index in [0.29, 0.717) is 6.54 Å². The van der Waals surface area contributed by atoms with Gasteiger partial charge in [0, 0.05) is 25.2 Å².